The van der Waals surface area contributed by atoms with Crippen molar-refractivity contribution in [2.45, 2.75) is 38.4 Å². The van der Waals surface area contributed by atoms with Crippen LogP contribution in [-0.2, 0) is 16.1 Å². The van der Waals surface area contributed by atoms with Crippen LogP contribution in [0.2, 0.25) is 0 Å². The Hall–Kier alpha value is -1.81. The highest BCUT2D eigenvalue weighted by Gasteiger charge is 2.35. The topological polar surface area (TPSA) is 69.9 Å². The van der Waals surface area contributed by atoms with Crippen LogP contribution >= 0.6 is 0 Å². The summed E-state index contributed by atoms with van der Waals surface area (Å²) in [5.41, 5.74) is 0. The number of hydrogen-bond donors (Lipinski definition) is 0. The van der Waals surface area contributed by atoms with Gasteiger partial charge in [-0.25, -0.2) is 13.5 Å². The second-order valence-corrected chi connectivity index (χ2v) is 3.74. The van der Waals surface area contributed by atoms with Gasteiger partial charge in [0.2, 0.25) is 6.43 Å². The molecule has 0 aliphatic heterocycles. The molecule has 114 valence electrons. The molecule has 0 bridgehead atoms. The molecular formula is C9H11F5N4O2. The van der Waals surface area contributed by atoms with Crippen molar-refractivity contribution < 1.29 is 31.5 Å². The average Bonchev–Trinajstić information content (AvgIpc) is 2.71. The maximum Gasteiger partial charge on any atom is 0.408 e. The van der Waals surface area contributed by atoms with Crippen LogP contribution in [-0.4, -0.2) is 45.4 Å². The summed E-state index contributed by atoms with van der Waals surface area (Å²) in [7, 11) is 0. The Kier molecular flexibility index (Phi) is 5.34. The van der Waals surface area contributed by atoms with Crippen molar-refractivity contribution in [1.82, 2.24) is 20.2 Å². The molecule has 1 heterocycles. The molecule has 0 radical (unpaired) electrons. The molecule has 11 heteroatoms. The van der Waals surface area contributed by atoms with Crippen LogP contribution in [0.25, 0.3) is 0 Å². The van der Waals surface area contributed by atoms with Crippen LogP contribution in [0.4, 0.5) is 22.0 Å². The highest BCUT2D eigenvalue weighted by atomic mass is 19.4. The minimum Gasteiger partial charge on any atom is -0.465 e. The lowest BCUT2D eigenvalue weighted by Gasteiger charge is -2.15. The van der Waals surface area contributed by atoms with Crippen molar-refractivity contribution in [2.24, 2.45) is 0 Å². The van der Waals surface area contributed by atoms with Crippen LogP contribution in [0.15, 0.2) is 0 Å². The van der Waals surface area contributed by atoms with Crippen molar-refractivity contribution in [1.29, 1.82) is 0 Å². The van der Waals surface area contributed by atoms with E-state index in [1.165, 1.54) is 6.92 Å². The van der Waals surface area contributed by atoms with E-state index in [1.54, 1.807) is 0 Å². The van der Waals surface area contributed by atoms with Crippen molar-refractivity contribution >= 4 is 5.97 Å². The van der Waals surface area contributed by atoms with Crippen molar-refractivity contribution in [3.63, 3.8) is 0 Å². The van der Waals surface area contributed by atoms with Gasteiger partial charge in [-0.3, -0.25) is 4.79 Å². The van der Waals surface area contributed by atoms with Gasteiger partial charge in [-0.05, 0) is 17.4 Å². The summed E-state index contributed by atoms with van der Waals surface area (Å²) in [6.45, 7) is -0.232. The zero-order chi connectivity index (χ0) is 15.3. The largest absolute Gasteiger partial charge is 0.465 e. The van der Waals surface area contributed by atoms with E-state index in [9.17, 15) is 26.7 Å². The first kappa shape index (κ1) is 16.2. The lowest BCUT2D eigenvalue weighted by Crippen LogP contribution is -2.26. The van der Waals surface area contributed by atoms with Gasteiger partial charge >= 0.3 is 12.1 Å². The van der Waals surface area contributed by atoms with Crippen molar-refractivity contribution in [2.75, 3.05) is 6.61 Å². The summed E-state index contributed by atoms with van der Waals surface area (Å²) in [6, 6.07) is 0. The number of carbonyl (C=O) groups excluding carboxylic acids is 1. The van der Waals surface area contributed by atoms with Gasteiger partial charge in [-0.1, -0.05) is 0 Å². The number of tetrazole rings is 1. The zero-order valence-electron chi connectivity index (χ0n) is 10.3. The Morgan fingerprint density at radius 2 is 2.05 bits per heavy atom. The molecule has 20 heavy (non-hydrogen) atoms. The van der Waals surface area contributed by atoms with Gasteiger partial charge in [-0.2, -0.15) is 13.2 Å². The second kappa shape index (κ2) is 6.57. The van der Waals surface area contributed by atoms with Crippen LogP contribution in [0.5, 0.6) is 0 Å². The molecule has 6 nitrogen and oxygen atoms in total. The fourth-order valence-electron chi connectivity index (χ4n) is 1.47. The first-order valence-electron chi connectivity index (χ1n) is 5.52. The van der Waals surface area contributed by atoms with Crippen LogP contribution in [0.3, 0.4) is 0 Å². The lowest BCUT2D eigenvalue weighted by molar-refractivity contribution is -0.149. The number of carbonyl (C=O) groups is 1. The number of rotatable bonds is 6. The number of ether oxygens (including phenoxy) is 1. The van der Waals surface area contributed by atoms with E-state index in [1.807, 2.05) is 0 Å². The highest BCUT2D eigenvalue weighted by Crippen LogP contribution is 2.25. The lowest BCUT2D eigenvalue weighted by atomic mass is 10.1. The Morgan fingerprint density at radius 1 is 1.40 bits per heavy atom. The predicted molar refractivity (Wildman–Crippen MR) is 53.9 cm³/mol. The molecule has 1 rings (SSSR count). The molecule has 0 aliphatic carbocycles. The highest BCUT2D eigenvalue weighted by molar-refractivity contribution is 5.77. The van der Waals surface area contributed by atoms with Gasteiger partial charge < -0.3 is 4.74 Å². The molecule has 1 unspecified atom stereocenters. The SMILES string of the molecule is CCOC(=O)C(CC(F)F)c1nnnn1CC(F)(F)F. The normalized spacial score (nSPS) is 13.6. The second-order valence-electron chi connectivity index (χ2n) is 3.74. The average molecular weight is 302 g/mol. The molecule has 1 aromatic rings. The van der Waals surface area contributed by atoms with Gasteiger partial charge in [0.1, 0.15) is 12.5 Å². The van der Waals surface area contributed by atoms with E-state index in [4.69, 9.17) is 0 Å². The van der Waals surface area contributed by atoms with E-state index < -0.39 is 43.3 Å². The Morgan fingerprint density at radius 3 is 2.55 bits per heavy atom. The van der Waals surface area contributed by atoms with Crippen molar-refractivity contribution in [3.8, 4) is 0 Å². The molecule has 0 amide bonds. The Balaban J connectivity index is 3.02. The molecule has 1 aromatic heterocycles. The van der Waals surface area contributed by atoms with E-state index in [-0.39, 0.29) is 11.3 Å². The van der Waals surface area contributed by atoms with E-state index in [0.717, 1.165) is 0 Å². The Bertz CT molecular complexity index is 448. The summed E-state index contributed by atoms with van der Waals surface area (Å²) < 4.78 is 66.6. The van der Waals surface area contributed by atoms with Crippen molar-refractivity contribution in [3.05, 3.63) is 5.82 Å². The van der Waals surface area contributed by atoms with Gasteiger partial charge in [0, 0.05) is 6.42 Å². The minimum absolute atomic E-state index is 0.0978. The van der Waals surface area contributed by atoms with Gasteiger partial charge in [0.15, 0.2) is 5.82 Å². The summed E-state index contributed by atoms with van der Waals surface area (Å²) >= 11 is 0. The molecule has 0 N–H and O–H groups in total. The maximum atomic E-state index is 12.4. The zero-order valence-corrected chi connectivity index (χ0v) is 10.3. The number of esters is 1. The fraction of sp³-hybridized carbons (Fsp3) is 0.778. The first-order valence-corrected chi connectivity index (χ1v) is 5.52. The van der Waals surface area contributed by atoms with Crippen LogP contribution in [0, 0.1) is 0 Å². The number of nitrogens with zero attached hydrogens (tertiary/aromatic N) is 4. The number of hydrogen-bond acceptors (Lipinski definition) is 5. The molecular weight excluding hydrogens is 291 g/mol. The summed E-state index contributed by atoms with van der Waals surface area (Å²) in [4.78, 5) is 11.5. The quantitative estimate of drug-likeness (QED) is 0.589. The van der Waals surface area contributed by atoms with E-state index in [2.05, 4.69) is 20.3 Å². The molecule has 0 saturated heterocycles. The summed E-state index contributed by atoms with van der Waals surface area (Å²) in [5.74, 6) is -3.33. The van der Waals surface area contributed by atoms with Gasteiger partial charge in [0.05, 0.1) is 6.61 Å². The van der Waals surface area contributed by atoms with E-state index in [0.29, 0.717) is 0 Å². The Labute approximate surface area is 109 Å². The molecule has 0 saturated carbocycles. The third-order valence-corrected chi connectivity index (χ3v) is 2.19. The van der Waals surface area contributed by atoms with Crippen LogP contribution in [0.1, 0.15) is 25.1 Å². The molecule has 0 aliphatic rings. The monoisotopic (exact) mass is 302 g/mol. The van der Waals surface area contributed by atoms with E-state index >= 15 is 0 Å². The predicted octanol–water partition coefficient (Wildman–Crippen LogP) is 1.54. The van der Waals surface area contributed by atoms with Crippen LogP contribution < -0.4 is 0 Å². The number of halogens is 5. The molecule has 0 spiro atoms. The third-order valence-electron chi connectivity index (χ3n) is 2.19. The molecule has 0 fully saturated rings. The fourth-order valence-corrected chi connectivity index (χ4v) is 1.47. The smallest absolute Gasteiger partial charge is 0.408 e. The standard InChI is InChI=1S/C9H11F5N4O2/c1-2-20-8(19)5(3-6(10)11)7-15-16-17-18(7)4-9(12,13)14/h5-6H,2-4H2,1H3. The first-order chi connectivity index (χ1) is 9.24. The molecule has 0 aromatic carbocycles. The summed E-state index contributed by atoms with van der Waals surface area (Å²) in [6.07, 6.45) is -8.58. The maximum absolute atomic E-state index is 12.4. The molecule has 1 atom stereocenters. The number of alkyl halides is 5. The third kappa shape index (κ3) is 4.70. The number of aromatic nitrogens is 4. The van der Waals surface area contributed by atoms with Gasteiger partial charge in [-0.15, -0.1) is 5.10 Å². The minimum atomic E-state index is -4.64. The van der Waals surface area contributed by atoms with Gasteiger partial charge in [0.25, 0.3) is 0 Å². The summed E-state index contributed by atoms with van der Waals surface area (Å²) in [5, 5.41) is 9.27.